The number of hydrogen-bond acceptors (Lipinski definition) is 2. The molecular formula is C19H22N2O2. The maximum absolute atomic E-state index is 12.2. The first kappa shape index (κ1) is 16.7. The number of carbonyl (C=O) groups excluding carboxylic acids is 2. The van der Waals surface area contributed by atoms with Gasteiger partial charge in [0.1, 0.15) is 0 Å². The van der Waals surface area contributed by atoms with Crippen LogP contribution in [0.1, 0.15) is 38.8 Å². The molecule has 0 fully saturated rings. The molecule has 0 aromatic heterocycles. The molecule has 0 spiro atoms. The molecule has 0 aliphatic carbocycles. The van der Waals surface area contributed by atoms with Crippen molar-refractivity contribution in [2.45, 2.75) is 26.8 Å². The fourth-order valence-electron chi connectivity index (χ4n) is 2.35. The lowest BCUT2D eigenvalue weighted by Crippen LogP contribution is -2.42. The number of amides is 2. The van der Waals surface area contributed by atoms with E-state index in [4.69, 9.17) is 0 Å². The average Bonchev–Trinajstić information content (AvgIpc) is 2.53. The molecule has 2 aromatic rings. The van der Waals surface area contributed by atoms with E-state index in [0.29, 0.717) is 17.7 Å². The highest BCUT2D eigenvalue weighted by Gasteiger charge is 2.13. The number of rotatable bonds is 5. The lowest BCUT2D eigenvalue weighted by Gasteiger charge is -2.16. The van der Waals surface area contributed by atoms with Crippen LogP contribution >= 0.6 is 0 Å². The monoisotopic (exact) mass is 310 g/mol. The largest absolute Gasteiger partial charge is 0.350 e. The second-order valence-corrected chi connectivity index (χ2v) is 5.71. The molecule has 2 amide bonds. The minimum atomic E-state index is -0.157. The number of hydrogen-bond donors (Lipinski definition) is 2. The van der Waals surface area contributed by atoms with Gasteiger partial charge in [0.25, 0.3) is 11.8 Å². The van der Waals surface area contributed by atoms with Gasteiger partial charge in [-0.15, -0.1) is 0 Å². The van der Waals surface area contributed by atoms with Gasteiger partial charge in [-0.25, -0.2) is 0 Å². The van der Waals surface area contributed by atoms with Crippen LogP contribution in [0, 0.1) is 13.8 Å². The second-order valence-electron chi connectivity index (χ2n) is 5.71. The molecule has 4 heteroatoms. The Hall–Kier alpha value is -2.62. The van der Waals surface area contributed by atoms with Gasteiger partial charge in [-0.1, -0.05) is 36.4 Å². The van der Waals surface area contributed by atoms with Crippen LogP contribution in [-0.2, 0) is 0 Å². The Labute approximate surface area is 136 Å². The van der Waals surface area contributed by atoms with Crippen LogP contribution in [0.2, 0.25) is 0 Å². The van der Waals surface area contributed by atoms with E-state index in [2.05, 4.69) is 10.6 Å². The zero-order valence-electron chi connectivity index (χ0n) is 13.7. The highest BCUT2D eigenvalue weighted by molar-refractivity contribution is 5.96. The zero-order chi connectivity index (χ0) is 16.8. The topological polar surface area (TPSA) is 58.2 Å². The maximum Gasteiger partial charge on any atom is 0.251 e. The molecule has 0 radical (unpaired) electrons. The summed E-state index contributed by atoms with van der Waals surface area (Å²) in [6.45, 7) is 6.05. The predicted octanol–water partition coefficient (Wildman–Crippen LogP) is 2.85. The molecule has 0 aliphatic heterocycles. The fraction of sp³-hybridized carbons (Fsp3) is 0.263. The summed E-state index contributed by atoms with van der Waals surface area (Å²) in [5.41, 5.74) is 3.18. The van der Waals surface area contributed by atoms with Crippen molar-refractivity contribution in [2.24, 2.45) is 0 Å². The standard InChI is InChI=1S/C19H22N2O2/c1-13-8-4-6-10-16(13)18(22)20-12-15(3)21-19(23)17-11-7-5-9-14(17)2/h4-11,15H,12H2,1-3H3,(H,20,22)(H,21,23)/t15-/m0/s1. The summed E-state index contributed by atoms with van der Waals surface area (Å²) in [4.78, 5) is 24.4. The van der Waals surface area contributed by atoms with Gasteiger partial charge in [0.2, 0.25) is 0 Å². The van der Waals surface area contributed by atoms with Gasteiger partial charge in [-0.2, -0.15) is 0 Å². The fourth-order valence-corrected chi connectivity index (χ4v) is 2.35. The molecule has 4 nitrogen and oxygen atoms in total. The van der Waals surface area contributed by atoms with Crippen molar-refractivity contribution in [3.63, 3.8) is 0 Å². The minimum absolute atomic E-state index is 0.124. The van der Waals surface area contributed by atoms with E-state index in [1.807, 2.05) is 57.2 Å². The first-order chi connectivity index (χ1) is 11.0. The van der Waals surface area contributed by atoms with Crippen molar-refractivity contribution in [1.82, 2.24) is 10.6 Å². The summed E-state index contributed by atoms with van der Waals surface area (Å²) in [7, 11) is 0. The van der Waals surface area contributed by atoms with Crippen LogP contribution in [0.25, 0.3) is 0 Å². The van der Waals surface area contributed by atoms with Crippen LogP contribution < -0.4 is 10.6 Å². The lowest BCUT2D eigenvalue weighted by molar-refractivity contribution is 0.0911. The first-order valence-electron chi connectivity index (χ1n) is 7.69. The van der Waals surface area contributed by atoms with Crippen LogP contribution in [0.5, 0.6) is 0 Å². The van der Waals surface area contributed by atoms with E-state index < -0.39 is 0 Å². The highest BCUT2D eigenvalue weighted by Crippen LogP contribution is 2.08. The second kappa shape index (κ2) is 7.58. The van der Waals surface area contributed by atoms with Crippen molar-refractivity contribution in [2.75, 3.05) is 6.54 Å². The molecular weight excluding hydrogens is 288 g/mol. The van der Waals surface area contributed by atoms with E-state index in [-0.39, 0.29) is 17.9 Å². The summed E-state index contributed by atoms with van der Waals surface area (Å²) in [5, 5.41) is 5.76. The molecule has 0 saturated heterocycles. The van der Waals surface area contributed by atoms with E-state index in [9.17, 15) is 9.59 Å². The SMILES string of the molecule is Cc1ccccc1C(=O)NC[C@H](C)NC(=O)c1ccccc1C. The molecule has 0 saturated carbocycles. The molecule has 1 atom stereocenters. The number of benzene rings is 2. The Morgan fingerprint density at radius 3 is 1.87 bits per heavy atom. The summed E-state index contributed by atoms with van der Waals surface area (Å²) in [6.07, 6.45) is 0. The minimum Gasteiger partial charge on any atom is -0.350 e. The van der Waals surface area contributed by atoms with Gasteiger partial charge >= 0.3 is 0 Å². The first-order valence-corrected chi connectivity index (χ1v) is 7.69. The quantitative estimate of drug-likeness (QED) is 0.892. The van der Waals surface area contributed by atoms with Gasteiger partial charge in [0.05, 0.1) is 0 Å². The van der Waals surface area contributed by atoms with E-state index in [1.54, 1.807) is 12.1 Å². The van der Waals surface area contributed by atoms with E-state index in [0.717, 1.165) is 11.1 Å². The molecule has 0 unspecified atom stereocenters. The lowest BCUT2D eigenvalue weighted by atomic mass is 10.1. The van der Waals surface area contributed by atoms with Crippen molar-refractivity contribution < 1.29 is 9.59 Å². The van der Waals surface area contributed by atoms with Gasteiger partial charge in [0.15, 0.2) is 0 Å². The third kappa shape index (κ3) is 4.42. The molecule has 0 aliphatic rings. The Morgan fingerprint density at radius 2 is 1.35 bits per heavy atom. The van der Waals surface area contributed by atoms with Gasteiger partial charge < -0.3 is 10.6 Å². The number of carbonyl (C=O) groups is 2. The number of nitrogens with one attached hydrogen (secondary N) is 2. The smallest absolute Gasteiger partial charge is 0.251 e. The van der Waals surface area contributed by atoms with E-state index in [1.165, 1.54) is 0 Å². The summed E-state index contributed by atoms with van der Waals surface area (Å²) >= 11 is 0. The van der Waals surface area contributed by atoms with Gasteiger partial charge in [-0.3, -0.25) is 9.59 Å². The molecule has 0 heterocycles. The van der Waals surface area contributed by atoms with Crippen LogP contribution in [0.4, 0.5) is 0 Å². The van der Waals surface area contributed by atoms with Crippen molar-refractivity contribution in [1.29, 1.82) is 0 Å². The van der Waals surface area contributed by atoms with Crippen molar-refractivity contribution in [3.05, 3.63) is 70.8 Å². The molecule has 23 heavy (non-hydrogen) atoms. The summed E-state index contributed by atoms with van der Waals surface area (Å²) < 4.78 is 0. The Bertz CT molecular complexity index is 710. The maximum atomic E-state index is 12.2. The molecule has 2 N–H and O–H groups in total. The van der Waals surface area contributed by atoms with E-state index >= 15 is 0 Å². The highest BCUT2D eigenvalue weighted by atomic mass is 16.2. The normalized spacial score (nSPS) is 11.6. The Kier molecular flexibility index (Phi) is 5.52. The molecule has 120 valence electrons. The Balaban J connectivity index is 1.89. The van der Waals surface area contributed by atoms with Crippen molar-refractivity contribution in [3.8, 4) is 0 Å². The molecule has 2 rings (SSSR count). The predicted molar refractivity (Wildman–Crippen MR) is 91.6 cm³/mol. The average molecular weight is 310 g/mol. The van der Waals surface area contributed by atoms with Crippen LogP contribution in [0.3, 0.4) is 0 Å². The zero-order valence-corrected chi connectivity index (χ0v) is 13.7. The number of aryl methyl sites for hydroxylation is 2. The Morgan fingerprint density at radius 1 is 0.870 bits per heavy atom. The molecule has 2 aromatic carbocycles. The summed E-state index contributed by atoms with van der Waals surface area (Å²) in [5.74, 6) is -0.249. The molecule has 0 bridgehead atoms. The van der Waals surface area contributed by atoms with Gasteiger partial charge in [-0.05, 0) is 44.0 Å². The van der Waals surface area contributed by atoms with Crippen molar-refractivity contribution >= 4 is 11.8 Å². The third-order valence-electron chi connectivity index (χ3n) is 3.73. The summed E-state index contributed by atoms with van der Waals surface area (Å²) in [6, 6.07) is 14.7. The third-order valence-corrected chi connectivity index (χ3v) is 3.73. The van der Waals surface area contributed by atoms with Crippen LogP contribution in [0.15, 0.2) is 48.5 Å². The van der Waals surface area contributed by atoms with Crippen LogP contribution in [-0.4, -0.2) is 24.4 Å². The van der Waals surface area contributed by atoms with Gasteiger partial charge in [0, 0.05) is 23.7 Å².